The Morgan fingerprint density at radius 3 is 1.22 bits per heavy atom. The summed E-state index contributed by atoms with van der Waals surface area (Å²) in [5, 5.41) is 0. The van der Waals surface area contributed by atoms with Crippen LogP contribution in [-0.2, 0) is 62.0 Å². The minimum Gasteiger partial charge on any atom is -0.411 e. The Hall–Kier alpha value is 0.639. The van der Waals surface area contributed by atoms with E-state index in [1.54, 1.807) is 23.9 Å². The third-order valence-electron chi connectivity index (χ3n) is 5.13. The van der Waals surface area contributed by atoms with Gasteiger partial charge in [-0.2, -0.15) is 0 Å². The van der Waals surface area contributed by atoms with Gasteiger partial charge in [-0.25, -0.2) is 16.8 Å². The third-order valence-corrected chi connectivity index (χ3v) is 10.0. The first kappa shape index (κ1) is 27.6. The first-order chi connectivity index (χ1) is 11.5. The molecular formula is C14H24MnN2O4S6. The van der Waals surface area contributed by atoms with Gasteiger partial charge in [-0.05, 0) is 26.7 Å². The SMILES string of the molecule is CN(C(=S)[S-])C1(C)CCS(=O)(=O)C1.CN(C(=S)[S-])C1(C)CCS(=O)(=O)C1.[Mn+2]. The standard InChI is InChI=1S/2C7H13NO2S3.Mn/c2*1-7(8(2)6(11)12)3-4-13(9,10)5-7;/h2*3-5H2,1-2H3,(H,11,12);/q;;+2/p-2. The fourth-order valence-corrected chi connectivity index (χ4v) is 8.20. The molecule has 0 saturated carbocycles. The maximum absolute atomic E-state index is 11.3. The average molecular weight is 532 g/mol. The maximum atomic E-state index is 11.3. The van der Waals surface area contributed by atoms with Gasteiger partial charge in [0.15, 0.2) is 19.7 Å². The molecule has 1 radical (unpaired) electrons. The van der Waals surface area contributed by atoms with Crippen molar-refractivity contribution in [1.82, 2.24) is 9.80 Å². The first-order valence-electron chi connectivity index (χ1n) is 7.84. The van der Waals surface area contributed by atoms with Gasteiger partial charge < -0.3 is 59.5 Å². The molecule has 2 aliphatic rings. The fourth-order valence-electron chi connectivity index (χ4n) is 2.96. The third kappa shape index (κ3) is 7.44. The van der Waals surface area contributed by atoms with Crippen LogP contribution in [0.25, 0.3) is 0 Å². The van der Waals surface area contributed by atoms with E-state index < -0.39 is 30.8 Å². The second-order valence-electron chi connectivity index (χ2n) is 7.33. The van der Waals surface area contributed by atoms with Crippen molar-refractivity contribution in [3.8, 4) is 0 Å². The van der Waals surface area contributed by atoms with Crippen molar-refractivity contribution in [3.05, 3.63) is 0 Å². The minimum absolute atomic E-state index is 0. The van der Waals surface area contributed by atoms with Gasteiger partial charge in [-0.15, -0.1) is 0 Å². The van der Waals surface area contributed by atoms with E-state index in [1.807, 2.05) is 13.8 Å². The van der Waals surface area contributed by atoms with Crippen LogP contribution in [0.15, 0.2) is 0 Å². The largest absolute Gasteiger partial charge is 2.00 e. The second kappa shape index (κ2) is 9.63. The summed E-state index contributed by atoms with van der Waals surface area (Å²) in [6.45, 7) is 3.77. The summed E-state index contributed by atoms with van der Waals surface area (Å²) in [6, 6.07) is 0. The summed E-state index contributed by atoms with van der Waals surface area (Å²) in [5.41, 5.74) is -0.782. The van der Waals surface area contributed by atoms with Crippen molar-refractivity contribution in [3.63, 3.8) is 0 Å². The van der Waals surface area contributed by atoms with Crippen LogP contribution in [0.3, 0.4) is 0 Å². The smallest absolute Gasteiger partial charge is 0.411 e. The zero-order chi connectivity index (χ0) is 20.6. The maximum Gasteiger partial charge on any atom is 2.00 e. The molecule has 27 heavy (non-hydrogen) atoms. The van der Waals surface area contributed by atoms with Crippen LogP contribution in [0.5, 0.6) is 0 Å². The minimum atomic E-state index is -2.88. The topological polar surface area (TPSA) is 74.8 Å². The van der Waals surface area contributed by atoms with Gasteiger partial charge in [-0.3, -0.25) is 0 Å². The quantitative estimate of drug-likeness (QED) is 0.288. The van der Waals surface area contributed by atoms with Crippen molar-refractivity contribution >= 4 is 78.0 Å². The Labute approximate surface area is 195 Å². The Kier molecular flexibility index (Phi) is 9.86. The van der Waals surface area contributed by atoms with E-state index in [9.17, 15) is 16.8 Å². The molecule has 0 bridgehead atoms. The zero-order valence-electron chi connectivity index (χ0n) is 15.6. The predicted octanol–water partition coefficient (Wildman–Crippen LogP) is 0.652. The summed E-state index contributed by atoms with van der Waals surface area (Å²) in [4.78, 5) is 3.42. The van der Waals surface area contributed by atoms with E-state index >= 15 is 0 Å². The Morgan fingerprint density at radius 2 is 1.07 bits per heavy atom. The molecule has 6 nitrogen and oxygen atoms in total. The number of rotatable bonds is 2. The molecule has 13 heteroatoms. The van der Waals surface area contributed by atoms with E-state index in [2.05, 4.69) is 0 Å². The van der Waals surface area contributed by atoms with E-state index in [-0.39, 0.29) is 40.1 Å². The van der Waals surface area contributed by atoms with Gasteiger partial charge in [0.1, 0.15) is 0 Å². The van der Waals surface area contributed by atoms with Crippen molar-refractivity contribution in [2.75, 3.05) is 37.1 Å². The van der Waals surface area contributed by atoms with Crippen LogP contribution in [0.1, 0.15) is 26.7 Å². The number of hydrogen-bond donors (Lipinski definition) is 0. The summed E-state index contributed by atoms with van der Waals surface area (Å²) in [7, 11) is -2.24. The molecule has 0 aromatic rings. The summed E-state index contributed by atoms with van der Waals surface area (Å²) in [6.07, 6.45) is 1.23. The Balaban J connectivity index is 0.000000483. The van der Waals surface area contributed by atoms with Gasteiger partial charge in [0.2, 0.25) is 0 Å². The molecule has 0 aromatic heterocycles. The van der Waals surface area contributed by atoms with Gasteiger partial charge >= 0.3 is 17.1 Å². The van der Waals surface area contributed by atoms with Crippen LogP contribution in [0.4, 0.5) is 0 Å². The van der Waals surface area contributed by atoms with Crippen molar-refractivity contribution < 1.29 is 33.9 Å². The molecule has 157 valence electrons. The molecule has 2 unspecified atom stereocenters. The average Bonchev–Trinajstić information content (AvgIpc) is 2.94. The van der Waals surface area contributed by atoms with Crippen LogP contribution in [-0.4, -0.2) is 83.5 Å². The molecule has 2 rings (SSSR count). The zero-order valence-corrected chi connectivity index (χ0v) is 21.7. The molecule has 2 heterocycles. The summed E-state index contributed by atoms with van der Waals surface area (Å²) in [5.74, 6) is 0.804. The molecule has 0 aliphatic carbocycles. The van der Waals surface area contributed by atoms with Crippen LogP contribution < -0.4 is 0 Å². The van der Waals surface area contributed by atoms with E-state index in [1.165, 1.54) is 0 Å². The Bertz CT molecular complexity index is 721. The molecule has 2 aliphatic heterocycles. The van der Waals surface area contributed by atoms with Gasteiger partial charge in [0.05, 0.1) is 34.1 Å². The summed E-state index contributed by atoms with van der Waals surface area (Å²) < 4.78 is 45.7. The van der Waals surface area contributed by atoms with Gasteiger partial charge in [0.25, 0.3) is 0 Å². The molecule has 0 spiro atoms. The molecule has 2 atom stereocenters. The number of nitrogens with zero attached hydrogens (tertiary/aromatic N) is 2. The normalized spacial score (nSPS) is 30.4. The first-order valence-corrected chi connectivity index (χ1v) is 13.1. The van der Waals surface area contributed by atoms with Crippen LogP contribution in [0.2, 0.25) is 0 Å². The van der Waals surface area contributed by atoms with Crippen LogP contribution >= 0.6 is 24.4 Å². The van der Waals surface area contributed by atoms with Gasteiger partial charge in [0, 0.05) is 14.1 Å². The molecule has 2 saturated heterocycles. The molecule has 0 aromatic carbocycles. The molecule has 0 amide bonds. The van der Waals surface area contributed by atoms with Crippen molar-refractivity contribution in [2.24, 2.45) is 0 Å². The van der Waals surface area contributed by atoms with Gasteiger partial charge in [-0.1, -0.05) is 8.64 Å². The van der Waals surface area contributed by atoms with E-state index in [0.29, 0.717) is 21.5 Å². The molecular weight excluding hydrogens is 508 g/mol. The van der Waals surface area contributed by atoms with Crippen LogP contribution in [0, 0.1) is 0 Å². The number of sulfone groups is 2. The van der Waals surface area contributed by atoms with E-state index in [0.717, 1.165) is 0 Å². The van der Waals surface area contributed by atoms with Crippen molar-refractivity contribution in [1.29, 1.82) is 0 Å². The molecule has 2 fully saturated rings. The second-order valence-corrected chi connectivity index (χ2v) is 13.8. The number of thiocarbonyl (C=S) groups is 2. The van der Waals surface area contributed by atoms with E-state index in [4.69, 9.17) is 49.7 Å². The Morgan fingerprint density at radius 1 is 0.815 bits per heavy atom. The monoisotopic (exact) mass is 531 g/mol. The van der Waals surface area contributed by atoms with Crippen molar-refractivity contribution in [2.45, 2.75) is 37.8 Å². The molecule has 0 N–H and O–H groups in total. The summed E-state index contributed by atoms with van der Waals surface area (Å²) >= 11 is 19.4. The fraction of sp³-hybridized carbons (Fsp3) is 0.857. The number of hydrogen-bond acceptors (Lipinski definition) is 8. The predicted molar refractivity (Wildman–Crippen MR) is 119 cm³/mol.